The van der Waals surface area contributed by atoms with Gasteiger partial charge in [0.1, 0.15) is 29.2 Å². The van der Waals surface area contributed by atoms with Crippen molar-refractivity contribution in [3.8, 4) is 11.3 Å². The van der Waals surface area contributed by atoms with E-state index in [-0.39, 0.29) is 16.1 Å². The summed E-state index contributed by atoms with van der Waals surface area (Å²) in [6.07, 6.45) is 5.56. The molecule has 0 fully saturated rings. The number of nitrogens with one attached hydrogen (secondary N) is 3. The fourth-order valence-corrected chi connectivity index (χ4v) is 4.23. The molecule has 3 heterocycles. The molecule has 0 spiro atoms. The quantitative estimate of drug-likeness (QED) is 0.316. The lowest BCUT2D eigenvalue weighted by molar-refractivity contribution is 0.102. The van der Waals surface area contributed by atoms with Crippen LogP contribution < -0.4 is 10.6 Å². The maximum atomic E-state index is 14.6. The molecule has 12 heteroatoms. The second kappa shape index (κ2) is 9.15. The summed E-state index contributed by atoms with van der Waals surface area (Å²) in [5, 5.41) is 5.63. The summed E-state index contributed by atoms with van der Waals surface area (Å²) in [5.74, 6) is -0.876. The van der Waals surface area contributed by atoms with E-state index in [0.29, 0.717) is 33.9 Å². The Morgan fingerprint density at radius 3 is 2.69 bits per heavy atom. The first-order chi connectivity index (χ1) is 17.3. The Labute approximate surface area is 204 Å². The highest BCUT2D eigenvalue weighted by molar-refractivity contribution is 7.90. The van der Waals surface area contributed by atoms with Gasteiger partial charge in [0.05, 0.1) is 16.9 Å². The van der Waals surface area contributed by atoms with Gasteiger partial charge in [0, 0.05) is 29.3 Å². The summed E-state index contributed by atoms with van der Waals surface area (Å²) in [6, 6.07) is 13.2. The first-order valence-electron chi connectivity index (χ1n) is 10.6. The van der Waals surface area contributed by atoms with Gasteiger partial charge in [0.2, 0.25) is 0 Å². The number of fused-ring (bicyclic) bond motifs is 1. The van der Waals surface area contributed by atoms with E-state index in [4.69, 9.17) is 0 Å². The molecule has 0 aliphatic carbocycles. The van der Waals surface area contributed by atoms with Crippen LogP contribution >= 0.6 is 0 Å². The number of imidazole rings is 1. The van der Waals surface area contributed by atoms with Crippen LogP contribution in [0.4, 0.5) is 21.6 Å². The summed E-state index contributed by atoms with van der Waals surface area (Å²) < 4.78 is 38.2. The zero-order valence-corrected chi connectivity index (χ0v) is 19.5. The molecule has 0 atom stereocenters. The molecule has 1 amide bonds. The molecule has 3 N–H and O–H groups in total. The molecule has 0 unspecified atom stereocenters. The Bertz CT molecular complexity index is 1720. The lowest BCUT2D eigenvalue weighted by Crippen LogP contribution is -2.14. The van der Waals surface area contributed by atoms with Gasteiger partial charge in [-0.2, -0.15) is 0 Å². The minimum absolute atomic E-state index is 0.00943. The predicted molar refractivity (Wildman–Crippen MR) is 132 cm³/mol. The Morgan fingerprint density at radius 2 is 1.86 bits per heavy atom. The molecule has 10 nitrogen and oxygen atoms in total. The first kappa shape index (κ1) is 23.1. The Hall–Kier alpha value is -4.71. The Kier molecular flexibility index (Phi) is 5.86. The number of aromatic nitrogens is 5. The highest BCUT2D eigenvalue weighted by atomic mass is 32.2. The molecule has 0 saturated carbocycles. The van der Waals surface area contributed by atoms with Crippen molar-refractivity contribution in [2.75, 3.05) is 16.9 Å². The Morgan fingerprint density at radius 1 is 1.00 bits per heavy atom. The molecule has 180 valence electrons. The normalized spacial score (nSPS) is 11.4. The summed E-state index contributed by atoms with van der Waals surface area (Å²) in [4.78, 5) is 32.8. The van der Waals surface area contributed by atoms with E-state index in [1.54, 1.807) is 12.3 Å². The number of halogens is 1. The van der Waals surface area contributed by atoms with Crippen molar-refractivity contribution in [3.63, 3.8) is 0 Å². The molecular weight excluding hydrogens is 485 g/mol. The molecule has 0 aliphatic heterocycles. The molecule has 0 bridgehead atoms. The summed E-state index contributed by atoms with van der Waals surface area (Å²) >= 11 is 0. The Balaban J connectivity index is 1.44. The van der Waals surface area contributed by atoms with Crippen LogP contribution in [-0.2, 0) is 9.84 Å². The smallest absolute Gasteiger partial charge is 0.255 e. The summed E-state index contributed by atoms with van der Waals surface area (Å²) in [5.41, 5.74) is 2.81. The number of hydrogen-bond donors (Lipinski definition) is 3. The number of nitrogens with zero attached hydrogens (tertiary/aromatic N) is 4. The van der Waals surface area contributed by atoms with E-state index in [2.05, 4.69) is 35.6 Å². The van der Waals surface area contributed by atoms with Crippen LogP contribution in [0.25, 0.3) is 22.4 Å². The lowest BCUT2D eigenvalue weighted by atomic mass is 10.1. The molecular formula is C24H18FN7O3S. The lowest BCUT2D eigenvalue weighted by Gasteiger charge is -2.13. The average Bonchev–Trinajstić information content (AvgIpc) is 3.35. The van der Waals surface area contributed by atoms with Gasteiger partial charge in [0.15, 0.2) is 15.5 Å². The molecule has 2 aromatic carbocycles. The first-order valence-corrected chi connectivity index (χ1v) is 12.5. The predicted octanol–water partition coefficient (Wildman–Crippen LogP) is 3.95. The SMILES string of the molecule is CS(=O)(=O)c1cccc(C(=O)Nc2cc(Nc3ncccc3-c3ncnc4nc[nH]c34)ccc2F)c1. The number of pyridine rings is 1. The zero-order chi connectivity index (χ0) is 25.3. The maximum Gasteiger partial charge on any atom is 0.255 e. The standard InChI is InChI=1S/C24H18FN7O3S/c1-36(34,35)16-5-2-4-14(10-16)24(33)32-19-11-15(7-8-18(19)25)31-22-17(6-3-9-26-22)20-21-23(29-12-27-20)30-13-28-21/h2-13H,1H3,(H,26,31)(H,32,33)(H,27,28,29,30). The van der Waals surface area contributed by atoms with Crippen LogP contribution in [0.2, 0.25) is 0 Å². The topological polar surface area (TPSA) is 143 Å². The van der Waals surface area contributed by atoms with Crippen LogP contribution in [0.5, 0.6) is 0 Å². The van der Waals surface area contributed by atoms with E-state index in [1.165, 1.54) is 55.1 Å². The fourth-order valence-electron chi connectivity index (χ4n) is 3.56. The van der Waals surface area contributed by atoms with E-state index in [9.17, 15) is 17.6 Å². The van der Waals surface area contributed by atoms with E-state index < -0.39 is 21.6 Å². The third kappa shape index (κ3) is 4.61. The number of benzene rings is 2. The van der Waals surface area contributed by atoms with Crippen LogP contribution in [0.15, 0.2) is 78.3 Å². The van der Waals surface area contributed by atoms with Gasteiger partial charge in [-0.1, -0.05) is 6.07 Å². The molecule has 5 rings (SSSR count). The fraction of sp³-hybridized carbons (Fsp3) is 0.0417. The van der Waals surface area contributed by atoms with Crippen LogP contribution in [0, 0.1) is 5.82 Å². The van der Waals surface area contributed by atoms with Gasteiger partial charge in [-0.15, -0.1) is 0 Å². The molecule has 0 aliphatic rings. The number of rotatable bonds is 6. The number of carbonyl (C=O) groups is 1. The largest absolute Gasteiger partial charge is 0.341 e. The molecule has 0 radical (unpaired) electrons. The van der Waals surface area contributed by atoms with Crippen LogP contribution in [-0.4, -0.2) is 45.5 Å². The number of H-pyrrole nitrogens is 1. The van der Waals surface area contributed by atoms with Gasteiger partial charge in [-0.3, -0.25) is 4.79 Å². The van der Waals surface area contributed by atoms with Gasteiger partial charge in [0.25, 0.3) is 5.91 Å². The molecule has 3 aromatic heterocycles. The van der Waals surface area contributed by atoms with Gasteiger partial charge in [-0.05, 0) is 48.5 Å². The second-order valence-corrected chi connectivity index (χ2v) is 9.81. The van der Waals surface area contributed by atoms with Crippen molar-refractivity contribution < 1.29 is 17.6 Å². The number of aromatic amines is 1. The van der Waals surface area contributed by atoms with Crippen LogP contribution in [0.3, 0.4) is 0 Å². The average molecular weight is 504 g/mol. The maximum absolute atomic E-state index is 14.6. The zero-order valence-electron chi connectivity index (χ0n) is 18.7. The number of carbonyl (C=O) groups excluding carboxylic acids is 1. The van der Waals surface area contributed by atoms with E-state index in [1.807, 2.05) is 6.07 Å². The van der Waals surface area contributed by atoms with E-state index in [0.717, 1.165) is 6.26 Å². The van der Waals surface area contributed by atoms with Crippen molar-refractivity contribution in [1.29, 1.82) is 0 Å². The van der Waals surface area contributed by atoms with E-state index >= 15 is 0 Å². The van der Waals surface area contributed by atoms with Crippen molar-refractivity contribution in [3.05, 3.63) is 84.8 Å². The molecule has 36 heavy (non-hydrogen) atoms. The minimum atomic E-state index is -3.50. The number of amides is 1. The monoisotopic (exact) mass is 503 g/mol. The third-order valence-electron chi connectivity index (χ3n) is 5.29. The minimum Gasteiger partial charge on any atom is -0.341 e. The summed E-state index contributed by atoms with van der Waals surface area (Å²) in [6.45, 7) is 0. The van der Waals surface area contributed by atoms with Crippen molar-refractivity contribution >= 4 is 44.1 Å². The van der Waals surface area contributed by atoms with Gasteiger partial charge < -0.3 is 15.6 Å². The number of anilines is 3. The van der Waals surface area contributed by atoms with Crippen molar-refractivity contribution in [2.45, 2.75) is 4.90 Å². The highest BCUT2D eigenvalue weighted by Gasteiger charge is 2.16. The number of sulfone groups is 1. The third-order valence-corrected chi connectivity index (χ3v) is 6.40. The van der Waals surface area contributed by atoms with Crippen molar-refractivity contribution in [2.24, 2.45) is 0 Å². The van der Waals surface area contributed by atoms with Crippen molar-refractivity contribution in [1.82, 2.24) is 24.9 Å². The van der Waals surface area contributed by atoms with Gasteiger partial charge in [-0.25, -0.2) is 32.7 Å². The van der Waals surface area contributed by atoms with Crippen LogP contribution in [0.1, 0.15) is 10.4 Å². The summed E-state index contributed by atoms with van der Waals surface area (Å²) in [7, 11) is -3.50. The number of hydrogen-bond acceptors (Lipinski definition) is 8. The molecule has 0 saturated heterocycles. The molecule has 5 aromatic rings. The highest BCUT2D eigenvalue weighted by Crippen LogP contribution is 2.31. The second-order valence-electron chi connectivity index (χ2n) is 7.80. The van der Waals surface area contributed by atoms with Gasteiger partial charge >= 0.3 is 0 Å².